The van der Waals surface area contributed by atoms with Crippen molar-refractivity contribution < 1.29 is 0 Å². The van der Waals surface area contributed by atoms with Crippen LogP contribution in [0.25, 0.3) is 0 Å². The van der Waals surface area contributed by atoms with Crippen LogP contribution >= 0.6 is 0 Å². The van der Waals surface area contributed by atoms with Crippen molar-refractivity contribution in [3.63, 3.8) is 0 Å². The highest BCUT2D eigenvalue weighted by molar-refractivity contribution is 4.96. The molecule has 76 valence electrons. The third-order valence-electron chi connectivity index (χ3n) is 3.50. The molecule has 2 N–H and O–H groups in total. The molecular formula is C11H22N2. The summed E-state index contributed by atoms with van der Waals surface area (Å²) in [5.41, 5.74) is 0. The molecule has 0 spiro atoms. The molecule has 2 rings (SSSR count). The molecule has 2 heteroatoms. The predicted molar refractivity (Wildman–Crippen MR) is 55.7 cm³/mol. The Morgan fingerprint density at radius 1 is 1.00 bits per heavy atom. The molecule has 2 unspecified atom stereocenters. The van der Waals surface area contributed by atoms with Crippen molar-refractivity contribution in [3.8, 4) is 0 Å². The summed E-state index contributed by atoms with van der Waals surface area (Å²) in [6.07, 6.45) is 4.58. The Balaban J connectivity index is 1.44. The zero-order chi connectivity index (χ0) is 9.10. The fraction of sp³-hybridized carbons (Fsp3) is 1.00. The molecule has 0 amide bonds. The minimum absolute atomic E-state index is 1.00. The van der Waals surface area contributed by atoms with E-state index in [4.69, 9.17) is 0 Å². The van der Waals surface area contributed by atoms with Crippen LogP contribution < -0.4 is 10.6 Å². The third-order valence-corrected chi connectivity index (χ3v) is 3.50. The van der Waals surface area contributed by atoms with Gasteiger partial charge in [-0.2, -0.15) is 0 Å². The highest BCUT2D eigenvalue weighted by atomic mass is 14.9. The van der Waals surface area contributed by atoms with Gasteiger partial charge in [0.05, 0.1) is 0 Å². The lowest BCUT2D eigenvalue weighted by Gasteiger charge is -2.12. The maximum atomic E-state index is 3.54. The molecule has 0 bridgehead atoms. The van der Waals surface area contributed by atoms with E-state index in [1.807, 2.05) is 0 Å². The van der Waals surface area contributed by atoms with Gasteiger partial charge in [-0.15, -0.1) is 0 Å². The summed E-state index contributed by atoms with van der Waals surface area (Å²) in [7, 11) is 0. The first-order valence-electron chi connectivity index (χ1n) is 5.81. The first-order valence-corrected chi connectivity index (χ1v) is 5.81. The fourth-order valence-corrected chi connectivity index (χ4v) is 2.67. The molecule has 2 fully saturated rings. The van der Waals surface area contributed by atoms with Crippen molar-refractivity contribution in [1.82, 2.24) is 10.6 Å². The minimum atomic E-state index is 1.00. The molecular weight excluding hydrogens is 160 g/mol. The van der Waals surface area contributed by atoms with Crippen LogP contribution in [0.5, 0.6) is 0 Å². The van der Waals surface area contributed by atoms with Crippen LogP contribution in [0.15, 0.2) is 0 Å². The van der Waals surface area contributed by atoms with E-state index in [2.05, 4.69) is 17.6 Å². The second kappa shape index (κ2) is 4.43. The maximum Gasteiger partial charge on any atom is 0.00768 e. The molecule has 13 heavy (non-hydrogen) atoms. The summed E-state index contributed by atoms with van der Waals surface area (Å²) >= 11 is 0. The van der Waals surface area contributed by atoms with Gasteiger partial charge in [0.25, 0.3) is 0 Å². The van der Waals surface area contributed by atoms with Gasteiger partial charge >= 0.3 is 0 Å². The Morgan fingerprint density at radius 3 is 2.38 bits per heavy atom. The first-order chi connectivity index (χ1) is 6.40. The molecule has 2 aliphatic rings. The average molecular weight is 182 g/mol. The minimum Gasteiger partial charge on any atom is -0.316 e. The number of fused-ring (bicyclic) bond motifs is 1. The van der Waals surface area contributed by atoms with Gasteiger partial charge in [0.2, 0.25) is 0 Å². The number of hydrogen-bond acceptors (Lipinski definition) is 2. The van der Waals surface area contributed by atoms with Gasteiger partial charge < -0.3 is 10.6 Å². The Labute approximate surface area is 81.5 Å². The summed E-state index contributed by atoms with van der Waals surface area (Å²) in [5.74, 6) is 3.28. The fourth-order valence-electron chi connectivity index (χ4n) is 2.67. The lowest BCUT2D eigenvalue weighted by Crippen LogP contribution is -2.30. The molecule has 0 aromatic rings. The monoisotopic (exact) mass is 182 g/mol. The van der Waals surface area contributed by atoms with Crippen LogP contribution in [0.4, 0.5) is 0 Å². The average Bonchev–Trinajstić information content (AvgIpc) is 2.74. The van der Waals surface area contributed by atoms with E-state index in [1.54, 1.807) is 6.42 Å². The zero-order valence-corrected chi connectivity index (χ0v) is 8.68. The molecule has 2 nitrogen and oxygen atoms in total. The second-order valence-electron chi connectivity index (χ2n) is 4.65. The van der Waals surface area contributed by atoms with Crippen molar-refractivity contribution in [1.29, 1.82) is 0 Å². The van der Waals surface area contributed by atoms with Crippen LogP contribution in [0.3, 0.4) is 0 Å². The van der Waals surface area contributed by atoms with E-state index in [0.717, 1.165) is 37.4 Å². The van der Waals surface area contributed by atoms with E-state index in [9.17, 15) is 0 Å². The molecule has 0 aromatic heterocycles. The molecule has 0 saturated heterocycles. The van der Waals surface area contributed by atoms with E-state index in [1.165, 1.54) is 19.4 Å². The quantitative estimate of drug-likeness (QED) is 0.604. The van der Waals surface area contributed by atoms with Crippen LogP contribution in [0, 0.1) is 17.8 Å². The number of rotatable bonds is 6. The number of nitrogens with one attached hydrogen (secondary N) is 2. The molecule has 0 heterocycles. The van der Waals surface area contributed by atoms with Gasteiger partial charge in [0, 0.05) is 13.1 Å². The summed E-state index contributed by atoms with van der Waals surface area (Å²) in [6.45, 7) is 6.77. The maximum absolute atomic E-state index is 3.54. The summed E-state index contributed by atoms with van der Waals surface area (Å²) in [5, 5.41) is 6.87. The van der Waals surface area contributed by atoms with Gasteiger partial charge in [0.15, 0.2) is 0 Å². The van der Waals surface area contributed by atoms with E-state index < -0.39 is 0 Å². The predicted octanol–water partition coefficient (Wildman–Crippen LogP) is 1.23. The van der Waals surface area contributed by atoms with Gasteiger partial charge in [-0.05, 0) is 50.1 Å². The van der Waals surface area contributed by atoms with Crippen LogP contribution in [0.2, 0.25) is 0 Å². The molecule has 2 aliphatic carbocycles. The Morgan fingerprint density at radius 2 is 1.69 bits per heavy atom. The van der Waals surface area contributed by atoms with Crippen molar-refractivity contribution >= 4 is 0 Å². The van der Waals surface area contributed by atoms with E-state index >= 15 is 0 Å². The van der Waals surface area contributed by atoms with Gasteiger partial charge in [-0.3, -0.25) is 0 Å². The molecule has 0 aromatic carbocycles. The summed E-state index contributed by atoms with van der Waals surface area (Å²) in [6, 6.07) is 0. The Bertz CT molecular complexity index is 148. The number of hydrogen-bond donors (Lipinski definition) is 2. The lowest BCUT2D eigenvalue weighted by atomic mass is 10.0. The van der Waals surface area contributed by atoms with Crippen LogP contribution in [-0.4, -0.2) is 26.2 Å². The largest absolute Gasteiger partial charge is 0.316 e. The molecule has 2 saturated carbocycles. The SMILES string of the molecule is CCNCCNCC1CC2CC2C1. The number of likely N-dealkylation sites (N-methyl/N-ethyl adjacent to an activating group) is 1. The lowest BCUT2D eigenvalue weighted by molar-refractivity contribution is 0.445. The molecule has 2 atom stereocenters. The Kier molecular flexibility index (Phi) is 3.23. The summed E-state index contributed by atoms with van der Waals surface area (Å²) < 4.78 is 0. The van der Waals surface area contributed by atoms with Crippen molar-refractivity contribution in [2.75, 3.05) is 26.2 Å². The normalized spacial score (nSPS) is 36.2. The van der Waals surface area contributed by atoms with Gasteiger partial charge in [0.1, 0.15) is 0 Å². The third kappa shape index (κ3) is 2.68. The highest BCUT2D eigenvalue weighted by Crippen LogP contribution is 2.54. The van der Waals surface area contributed by atoms with Crippen LogP contribution in [0.1, 0.15) is 26.2 Å². The zero-order valence-electron chi connectivity index (χ0n) is 8.68. The van der Waals surface area contributed by atoms with Crippen molar-refractivity contribution in [3.05, 3.63) is 0 Å². The van der Waals surface area contributed by atoms with Crippen molar-refractivity contribution in [2.24, 2.45) is 17.8 Å². The highest BCUT2D eigenvalue weighted by Gasteiger charge is 2.45. The van der Waals surface area contributed by atoms with E-state index in [-0.39, 0.29) is 0 Å². The van der Waals surface area contributed by atoms with Crippen molar-refractivity contribution in [2.45, 2.75) is 26.2 Å². The van der Waals surface area contributed by atoms with Gasteiger partial charge in [-0.1, -0.05) is 6.92 Å². The first kappa shape index (κ1) is 9.47. The van der Waals surface area contributed by atoms with E-state index in [0.29, 0.717) is 0 Å². The summed E-state index contributed by atoms with van der Waals surface area (Å²) in [4.78, 5) is 0. The van der Waals surface area contributed by atoms with Crippen LogP contribution in [-0.2, 0) is 0 Å². The second-order valence-corrected chi connectivity index (χ2v) is 4.65. The standard InChI is InChI=1S/C11H22N2/c1-2-12-3-4-13-8-9-5-10-7-11(10)6-9/h9-13H,2-8H2,1H3. The topological polar surface area (TPSA) is 24.1 Å². The smallest absolute Gasteiger partial charge is 0.00768 e. The molecule has 0 aliphatic heterocycles. The molecule has 0 radical (unpaired) electrons. The Hall–Kier alpha value is -0.0800. The van der Waals surface area contributed by atoms with Gasteiger partial charge in [-0.25, -0.2) is 0 Å².